The Morgan fingerprint density at radius 3 is 1.67 bits per heavy atom. The van der Waals surface area contributed by atoms with E-state index in [9.17, 15) is 0 Å². The molecule has 0 amide bonds. The predicted octanol–water partition coefficient (Wildman–Crippen LogP) is 2.60. The van der Waals surface area contributed by atoms with E-state index in [0.717, 1.165) is 18.4 Å². The van der Waals surface area contributed by atoms with Crippen molar-refractivity contribution in [3.05, 3.63) is 0 Å². The van der Waals surface area contributed by atoms with Crippen LogP contribution < -0.4 is 5.32 Å². The zero-order valence-corrected chi connectivity index (χ0v) is 11.7. The molecule has 0 unspecified atom stereocenters. The molecule has 0 aliphatic rings. The average Bonchev–Trinajstić information content (AvgIpc) is 2.00. The second-order valence-electron chi connectivity index (χ2n) is 6.12. The van der Waals surface area contributed by atoms with Crippen LogP contribution in [0.2, 0.25) is 0 Å². The molecular weight excluding hydrogens is 184 g/mol. The van der Waals surface area contributed by atoms with Gasteiger partial charge in [0.25, 0.3) is 0 Å². The predicted molar refractivity (Wildman–Crippen MR) is 69.3 cm³/mol. The van der Waals surface area contributed by atoms with Gasteiger partial charge in [0, 0.05) is 25.2 Å². The molecule has 0 bridgehead atoms. The molecule has 0 aromatic rings. The largest absolute Gasteiger partial charge is 0.314 e. The summed E-state index contributed by atoms with van der Waals surface area (Å²) < 4.78 is 0. The number of likely N-dealkylation sites (N-methyl/N-ethyl adjacent to an activating group) is 1. The van der Waals surface area contributed by atoms with Gasteiger partial charge in [-0.05, 0) is 32.7 Å². The lowest BCUT2D eigenvalue weighted by molar-refractivity contribution is 0.171. The molecule has 0 radical (unpaired) electrons. The van der Waals surface area contributed by atoms with Crippen LogP contribution in [-0.2, 0) is 0 Å². The van der Waals surface area contributed by atoms with Gasteiger partial charge >= 0.3 is 0 Å². The van der Waals surface area contributed by atoms with Gasteiger partial charge in [0.2, 0.25) is 0 Å². The SMILES string of the molecule is CNC(C)(C)CN(CC(C)C)CC(C)C. The Balaban J connectivity index is 4.23. The first-order chi connectivity index (χ1) is 6.76. The van der Waals surface area contributed by atoms with Gasteiger partial charge in [-0.15, -0.1) is 0 Å². The molecule has 0 saturated carbocycles. The number of nitrogens with zero attached hydrogens (tertiary/aromatic N) is 1. The van der Waals surface area contributed by atoms with Crippen molar-refractivity contribution in [1.82, 2.24) is 10.2 Å². The maximum absolute atomic E-state index is 3.38. The van der Waals surface area contributed by atoms with E-state index in [1.807, 2.05) is 7.05 Å². The van der Waals surface area contributed by atoms with Gasteiger partial charge in [-0.2, -0.15) is 0 Å². The van der Waals surface area contributed by atoms with Crippen molar-refractivity contribution < 1.29 is 0 Å². The standard InChI is InChI=1S/C13H30N2/c1-11(2)8-15(9-12(3)4)10-13(5,6)14-7/h11-12,14H,8-10H2,1-7H3. The Kier molecular flexibility index (Phi) is 6.46. The van der Waals surface area contributed by atoms with Gasteiger partial charge in [0.15, 0.2) is 0 Å². The average molecular weight is 214 g/mol. The third kappa shape index (κ3) is 7.80. The summed E-state index contributed by atoms with van der Waals surface area (Å²) in [6.07, 6.45) is 0. The maximum atomic E-state index is 3.38. The summed E-state index contributed by atoms with van der Waals surface area (Å²) in [4.78, 5) is 2.58. The van der Waals surface area contributed by atoms with E-state index in [4.69, 9.17) is 0 Å². The molecule has 0 aromatic carbocycles. The number of rotatable bonds is 7. The van der Waals surface area contributed by atoms with Crippen LogP contribution in [0.5, 0.6) is 0 Å². The molecular formula is C13H30N2. The minimum Gasteiger partial charge on any atom is -0.314 e. The van der Waals surface area contributed by atoms with Crippen molar-refractivity contribution in [2.45, 2.75) is 47.1 Å². The lowest BCUT2D eigenvalue weighted by Gasteiger charge is -2.34. The van der Waals surface area contributed by atoms with Crippen molar-refractivity contribution in [3.63, 3.8) is 0 Å². The quantitative estimate of drug-likeness (QED) is 0.701. The molecule has 0 atom stereocenters. The highest BCUT2D eigenvalue weighted by molar-refractivity contribution is 4.80. The molecule has 0 aromatic heterocycles. The lowest BCUT2D eigenvalue weighted by atomic mass is 10.0. The Bertz CT molecular complexity index is 152. The summed E-state index contributed by atoms with van der Waals surface area (Å²) >= 11 is 0. The molecule has 0 spiro atoms. The lowest BCUT2D eigenvalue weighted by Crippen LogP contribution is -2.49. The fourth-order valence-corrected chi connectivity index (χ4v) is 1.87. The van der Waals surface area contributed by atoms with E-state index >= 15 is 0 Å². The first kappa shape index (κ1) is 14.9. The molecule has 0 fully saturated rings. The fourth-order valence-electron chi connectivity index (χ4n) is 1.87. The summed E-state index contributed by atoms with van der Waals surface area (Å²) in [7, 11) is 2.04. The van der Waals surface area contributed by atoms with Gasteiger partial charge < -0.3 is 10.2 Å². The molecule has 2 nitrogen and oxygen atoms in total. The van der Waals surface area contributed by atoms with Crippen LogP contribution in [0, 0.1) is 11.8 Å². The Morgan fingerprint density at radius 1 is 1.00 bits per heavy atom. The summed E-state index contributed by atoms with van der Waals surface area (Å²) in [5.74, 6) is 1.49. The van der Waals surface area contributed by atoms with Crippen LogP contribution in [-0.4, -0.2) is 37.1 Å². The molecule has 0 rings (SSSR count). The van der Waals surface area contributed by atoms with Crippen LogP contribution in [0.25, 0.3) is 0 Å². The first-order valence-corrected chi connectivity index (χ1v) is 6.18. The second-order valence-corrected chi connectivity index (χ2v) is 6.12. The summed E-state index contributed by atoms with van der Waals surface area (Å²) in [5, 5.41) is 3.38. The molecule has 1 N–H and O–H groups in total. The van der Waals surface area contributed by atoms with E-state index in [1.165, 1.54) is 13.1 Å². The van der Waals surface area contributed by atoms with Crippen LogP contribution in [0.4, 0.5) is 0 Å². The molecule has 0 aliphatic heterocycles. The Labute approximate surface area is 96.4 Å². The van der Waals surface area contributed by atoms with Gasteiger partial charge in [-0.1, -0.05) is 27.7 Å². The third-order valence-electron chi connectivity index (χ3n) is 2.54. The van der Waals surface area contributed by atoms with E-state index in [0.29, 0.717) is 0 Å². The third-order valence-corrected chi connectivity index (χ3v) is 2.54. The molecule has 2 heteroatoms. The van der Waals surface area contributed by atoms with Crippen LogP contribution >= 0.6 is 0 Å². The topological polar surface area (TPSA) is 15.3 Å². The number of hydrogen-bond donors (Lipinski definition) is 1. The van der Waals surface area contributed by atoms with Crippen molar-refractivity contribution in [2.75, 3.05) is 26.7 Å². The van der Waals surface area contributed by atoms with Crippen molar-refractivity contribution in [3.8, 4) is 0 Å². The zero-order chi connectivity index (χ0) is 12.1. The number of nitrogens with one attached hydrogen (secondary N) is 1. The first-order valence-electron chi connectivity index (χ1n) is 6.18. The summed E-state index contributed by atoms with van der Waals surface area (Å²) in [6, 6.07) is 0. The van der Waals surface area contributed by atoms with Crippen LogP contribution in [0.1, 0.15) is 41.5 Å². The normalized spacial score (nSPS) is 13.2. The highest BCUT2D eigenvalue weighted by Crippen LogP contribution is 2.10. The molecule has 0 saturated heterocycles. The van der Waals surface area contributed by atoms with Gasteiger partial charge in [-0.25, -0.2) is 0 Å². The monoisotopic (exact) mass is 214 g/mol. The van der Waals surface area contributed by atoms with Crippen molar-refractivity contribution in [1.29, 1.82) is 0 Å². The Hall–Kier alpha value is -0.0800. The van der Waals surface area contributed by atoms with Gasteiger partial charge in [0.05, 0.1) is 0 Å². The van der Waals surface area contributed by atoms with Crippen LogP contribution in [0.15, 0.2) is 0 Å². The molecule has 0 heterocycles. The fraction of sp³-hybridized carbons (Fsp3) is 1.00. The molecule has 15 heavy (non-hydrogen) atoms. The van der Waals surface area contributed by atoms with Gasteiger partial charge in [-0.3, -0.25) is 0 Å². The minimum atomic E-state index is 0.212. The van der Waals surface area contributed by atoms with E-state index in [2.05, 4.69) is 51.8 Å². The van der Waals surface area contributed by atoms with E-state index in [-0.39, 0.29) is 5.54 Å². The summed E-state index contributed by atoms with van der Waals surface area (Å²) in [5.41, 5.74) is 0.212. The maximum Gasteiger partial charge on any atom is 0.0249 e. The van der Waals surface area contributed by atoms with Crippen molar-refractivity contribution in [2.24, 2.45) is 11.8 Å². The second kappa shape index (κ2) is 6.49. The number of hydrogen-bond acceptors (Lipinski definition) is 2. The highest BCUT2D eigenvalue weighted by atomic mass is 15.2. The smallest absolute Gasteiger partial charge is 0.0249 e. The molecule has 0 aliphatic carbocycles. The summed E-state index contributed by atoms with van der Waals surface area (Å²) in [6.45, 7) is 17.2. The minimum absolute atomic E-state index is 0.212. The molecule has 92 valence electrons. The van der Waals surface area contributed by atoms with Crippen molar-refractivity contribution >= 4 is 0 Å². The highest BCUT2D eigenvalue weighted by Gasteiger charge is 2.20. The van der Waals surface area contributed by atoms with Gasteiger partial charge in [0.1, 0.15) is 0 Å². The Morgan fingerprint density at radius 2 is 1.40 bits per heavy atom. The van der Waals surface area contributed by atoms with E-state index < -0.39 is 0 Å². The van der Waals surface area contributed by atoms with E-state index in [1.54, 1.807) is 0 Å². The van der Waals surface area contributed by atoms with Crippen LogP contribution in [0.3, 0.4) is 0 Å². The zero-order valence-electron chi connectivity index (χ0n) is 11.7.